The smallest absolute Gasteiger partial charge is 0.185 e. The van der Waals surface area contributed by atoms with Gasteiger partial charge in [0, 0.05) is 5.56 Å². The van der Waals surface area contributed by atoms with Crippen LogP contribution in [0, 0.1) is 5.92 Å². The van der Waals surface area contributed by atoms with E-state index in [4.69, 9.17) is 9.47 Å². The Morgan fingerprint density at radius 1 is 0.824 bits per heavy atom. The largest absolute Gasteiger partial charge is 0.494 e. The van der Waals surface area contributed by atoms with Crippen molar-refractivity contribution in [1.29, 1.82) is 0 Å². The molecule has 2 aromatic rings. The molecule has 0 heterocycles. The monoisotopic (exact) mass is 462 g/mol. The van der Waals surface area contributed by atoms with E-state index < -0.39 is 0 Å². The average Bonchev–Trinajstić information content (AvgIpc) is 2.89. The third-order valence-corrected chi connectivity index (χ3v) is 7.06. The minimum atomic E-state index is -0.0681. The van der Waals surface area contributed by atoms with E-state index in [1.807, 2.05) is 12.1 Å². The molecule has 0 aliphatic heterocycles. The summed E-state index contributed by atoms with van der Waals surface area (Å²) < 4.78 is 11.7. The van der Waals surface area contributed by atoms with Crippen LogP contribution in [0.3, 0.4) is 0 Å². The molecule has 0 saturated heterocycles. The van der Waals surface area contributed by atoms with Gasteiger partial charge < -0.3 is 9.47 Å². The number of unbranched alkanes of at least 4 members (excludes halogenated alkanes) is 4. The van der Waals surface area contributed by atoms with Gasteiger partial charge in [-0.15, -0.1) is 0 Å². The van der Waals surface area contributed by atoms with Crippen molar-refractivity contribution in [2.75, 3.05) is 13.2 Å². The van der Waals surface area contributed by atoms with Crippen LogP contribution in [-0.4, -0.2) is 19.0 Å². The minimum Gasteiger partial charge on any atom is -0.494 e. The topological polar surface area (TPSA) is 35.5 Å². The summed E-state index contributed by atoms with van der Waals surface area (Å²) in [5.41, 5.74) is 2.12. The number of benzene rings is 2. The summed E-state index contributed by atoms with van der Waals surface area (Å²) in [5, 5.41) is 0. The Hall–Kier alpha value is -2.55. The highest BCUT2D eigenvalue weighted by molar-refractivity contribution is 6.04. The van der Waals surface area contributed by atoms with Crippen molar-refractivity contribution in [3.63, 3.8) is 0 Å². The fourth-order valence-electron chi connectivity index (χ4n) is 4.90. The summed E-state index contributed by atoms with van der Waals surface area (Å²) in [4.78, 5) is 11.6. The Balaban J connectivity index is 1.25. The molecular weight excluding hydrogens is 420 g/mol. The van der Waals surface area contributed by atoms with Gasteiger partial charge in [0.05, 0.1) is 13.2 Å². The molecule has 1 saturated carbocycles. The lowest BCUT2D eigenvalue weighted by molar-refractivity contribution is 0.104. The quantitative estimate of drug-likeness (QED) is 0.151. The Kier molecular flexibility index (Phi) is 11.2. The van der Waals surface area contributed by atoms with E-state index >= 15 is 0 Å². The zero-order valence-electron chi connectivity index (χ0n) is 21.0. The first-order valence-electron chi connectivity index (χ1n) is 13.3. The molecular formula is C31H42O3. The van der Waals surface area contributed by atoms with Gasteiger partial charge in [-0.1, -0.05) is 51.3 Å². The summed E-state index contributed by atoms with van der Waals surface area (Å²) in [7, 11) is 0. The molecule has 0 atom stereocenters. The molecule has 0 spiro atoms. The molecule has 3 rings (SSSR count). The first-order chi connectivity index (χ1) is 16.7. The fraction of sp³-hybridized carbons (Fsp3) is 0.516. The van der Waals surface area contributed by atoms with E-state index in [-0.39, 0.29) is 5.78 Å². The SMILES string of the molecule is C=CC(=O)c1ccc(OCCCCCOc2ccc(C3CCC(CCCCC)CC3)cc2)cc1. The maximum atomic E-state index is 11.6. The average molecular weight is 463 g/mol. The predicted molar refractivity (Wildman–Crippen MR) is 141 cm³/mol. The van der Waals surface area contributed by atoms with Crippen LogP contribution in [0.4, 0.5) is 0 Å². The van der Waals surface area contributed by atoms with Gasteiger partial charge in [0.25, 0.3) is 0 Å². The van der Waals surface area contributed by atoms with E-state index in [1.54, 1.807) is 12.1 Å². The lowest BCUT2D eigenvalue weighted by Gasteiger charge is -2.29. The maximum absolute atomic E-state index is 11.6. The van der Waals surface area contributed by atoms with E-state index in [0.29, 0.717) is 12.2 Å². The van der Waals surface area contributed by atoms with Crippen LogP contribution in [0.15, 0.2) is 61.2 Å². The molecule has 0 radical (unpaired) electrons. The van der Waals surface area contributed by atoms with E-state index in [9.17, 15) is 4.79 Å². The molecule has 0 bridgehead atoms. The minimum absolute atomic E-state index is 0.0681. The molecule has 3 nitrogen and oxygen atoms in total. The first-order valence-corrected chi connectivity index (χ1v) is 13.3. The third kappa shape index (κ3) is 8.66. The number of hydrogen-bond acceptors (Lipinski definition) is 3. The van der Waals surface area contributed by atoms with Crippen molar-refractivity contribution in [3.8, 4) is 11.5 Å². The molecule has 184 valence electrons. The summed E-state index contributed by atoms with van der Waals surface area (Å²) in [6, 6.07) is 16.1. The summed E-state index contributed by atoms with van der Waals surface area (Å²) in [5.74, 6) is 3.39. The summed E-state index contributed by atoms with van der Waals surface area (Å²) in [6.07, 6.45) is 15.4. The molecule has 0 aromatic heterocycles. The van der Waals surface area contributed by atoms with Crippen molar-refractivity contribution in [1.82, 2.24) is 0 Å². The van der Waals surface area contributed by atoms with Crippen molar-refractivity contribution >= 4 is 5.78 Å². The highest BCUT2D eigenvalue weighted by atomic mass is 16.5. The Bertz CT molecular complexity index is 845. The second-order valence-electron chi connectivity index (χ2n) is 9.63. The lowest BCUT2D eigenvalue weighted by atomic mass is 9.77. The van der Waals surface area contributed by atoms with Gasteiger partial charge in [-0.05, 0) is 105 Å². The zero-order chi connectivity index (χ0) is 24.0. The molecule has 1 aliphatic rings. The number of ketones is 1. The van der Waals surface area contributed by atoms with Crippen LogP contribution in [0.1, 0.15) is 99.4 Å². The van der Waals surface area contributed by atoms with Crippen molar-refractivity contribution in [3.05, 3.63) is 72.3 Å². The highest BCUT2D eigenvalue weighted by Crippen LogP contribution is 2.38. The van der Waals surface area contributed by atoms with Crippen molar-refractivity contribution in [2.45, 2.75) is 83.5 Å². The molecule has 0 unspecified atom stereocenters. The fourth-order valence-corrected chi connectivity index (χ4v) is 4.90. The number of carbonyl (C=O) groups is 1. The second-order valence-corrected chi connectivity index (χ2v) is 9.63. The Morgan fingerprint density at radius 3 is 1.97 bits per heavy atom. The highest BCUT2D eigenvalue weighted by Gasteiger charge is 2.22. The van der Waals surface area contributed by atoms with E-state index in [1.165, 1.54) is 63.0 Å². The molecule has 0 N–H and O–H groups in total. The lowest BCUT2D eigenvalue weighted by Crippen LogP contribution is -2.13. The Morgan fingerprint density at radius 2 is 1.41 bits per heavy atom. The number of allylic oxidation sites excluding steroid dienone is 1. The first kappa shape index (κ1) is 26.1. The molecule has 1 fully saturated rings. The number of carbonyl (C=O) groups excluding carboxylic acids is 1. The number of ether oxygens (including phenoxy) is 2. The van der Waals surface area contributed by atoms with Crippen LogP contribution >= 0.6 is 0 Å². The van der Waals surface area contributed by atoms with Crippen LogP contribution in [0.25, 0.3) is 0 Å². The predicted octanol–water partition coefficient (Wildman–Crippen LogP) is 8.54. The van der Waals surface area contributed by atoms with Gasteiger partial charge in [-0.2, -0.15) is 0 Å². The van der Waals surface area contributed by atoms with Crippen molar-refractivity contribution in [2.24, 2.45) is 5.92 Å². The third-order valence-electron chi connectivity index (χ3n) is 7.06. The van der Waals surface area contributed by atoms with Gasteiger partial charge in [0.15, 0.2) is 5.78 Å². The standard InChI is InChI=1S/C31H42O3/c1-3-5-7-10-25-11-13-26(14-12-25)27-15-19-29(20-16-27)33-23-8-6-9-24-34-30-21-17-28(18-22-30)31(32)4-2/h4,15-22,25-26H,2-3,5-14,23-24H2,1H3. The van der Waals surface area contributed by atoms with Crippen LogP contribution in [-0.2, 0) is 0 Å². The van der Waals surface area contributed by atoms with Gasteiger partial charge in [0.2, 0.25) is 0 Å². The van der Waals surface area contributed by atoms with E-state index in [0.717, 1.165) is 49.2 Å². The second kappa shape index (κ2) is 14.7. The normalized spacial score (nSPS) is 17.8. The van der Waals surface area contributed by atoms with Crippen LogP contribution < -0.4 is 9.47 Å². The van der Waals surface area contributed by atoms with Gasteiger partial charge in [0.1, 0.15) is 11.5 Å². The maximum Gasteiger partial charge on any atom is 0.185 e. The zero-order valence-corrected chi connectivity index (χ0v) is 21.0. The summed E-state index contributed by atoms with van der Waals surface area (Å²) in [6.45, 7) is 7.21. The van der Waals surface area contributed by atoms with Crippen LogP contribution in [0.5, 0.6) is 11.5 Å². The molecule has 0 amide bonds. The van der Waals surface area contributed by atoms with Crippen LogP contribution in [0.2, 0.25) is 0 Å². The van der Waals surface area contributed by atoms with Crippen molar-refractivity contribution < 1.29 is 14.3 Å². The summed E-state index contributed by atoms with van der Waals surface area (Å²) >= 11 is 0. The molecule has 2 aromatic carbocycles. The van der Waals surface area contributed by atoms with Gasteiger partial charge in [-0.3, -0.25) is 4.79 Å². The molecule has 34 heavy (non-hydrogen) atoms. The Labute approximate surface area is 206 Å². The molecule has 1 aliphatic carbocycles. The van der Waals surface area contributed by atoms with E-state index in [2.05, 4.69) is 37.8 Å². The number of rotatable bonds is 15. The molecule has 3 heteroatoms. The van der Waals surface area contributed by atoms with Gasteiger partial charge in [-0.25, -0.2) is 0 Å². The van der Waals surface area contributed by atoms with Gasteiger partial charge >= 0.3 is 0 Å². The number of hydrogen-bond donors (Lipinski definition) is 0.